The number of nitro groups is 1. The second-order valence-electron chi connectivity index (χ2n) is 9.46. The molecule has 0 bridgehead atoms. The number of carbonyl (C=O) groups is 2. The van der Waals surface area contributed by atoms with E-state index in [-0.39, 0.29) is 17.7 Å². The van der Waals surface area contributed by atoms with Crippen LogP contribution < -0.4 is 10.5 Å². The van der Waals surface area contributed by atoms with Crippen LogP contribution >= 0.6 is 0 Å². The Kier molecular flexibility index (Phi) is 7.96. The van der Waals surface area contributed by atoms with Gasteiger partial charge in [0.25, 0.3) is 11.6 Å². The van der Waals surface area contributed by atoms with Gasteiger partial charge in [-0.1, -0.05) is 78.9 Å². The first-order valence-electron chi connectivity index (χ1n) is 12.9. The molecule has 0 aliphatic carbocycles. The Balaban J connectivity index is 1.48. The van der Waals surface area contributed by atoms with Gasteiger partial charge in [0.15, 0.2) is 0 Å². The van der Waals surface area contributed by atoms with Gasteiger partial charge < -0.3 is 14.5 Å². The highest BCUT2D eigenvalue weighted by molar-refractivity contribution is 6.05. The number of carbonyl (C=O) groups excluding carboxylic acids is 2. The van der Waals surface area contributed by atoms with Crippen molar-refractivity contribution in [3.8, 4) is 0 Å². The quantitative estimate of drug-likeness (QED) is 0.155. The number of non-ortho nitro benzene ring substituents is 1. The second-order valence-corrected chi connectivity index (χ2v) is 9.46. The van der Waals surface area contributed by atoms with E-state index < -0.39 is 22.7 Å². The van der Waals surface area contributed by atoms with Crippen molar-refractivity contribution < 1.29 is 19.6 Å². The van der Waals surface area contributed by atoms with Gasteiger partial charge in [0.2, 0.25) is 0 Å². The minimum Gasteiger partial charge on any atom is -0.549 e. The van der Waals surface area contributed by atoms with Gasteiger partial charge in [-0.2, -0.15) is 5.10 Å². The molecular formula is C32H25N4O5-. The number of carboxylic acid groups (broad SMARTS) is 1. The third-order valence-corrected chi connectivity index (χ3v) is 6.81. The molecule has 0 saturated carbocycles. The zero-order valence-corrected chi connectivity index (χ0v) is 21.8. The summed E-state index contributed by atoms with van der Waals surface area (Å²) >= 11 is 0. The molecule has 9 heteroatoms. The van der Waals surface area contributed by atoms with Crippen LogP contribution in [0, 0.1) is 10.1 Å². The number of hydrogen-bond acceptors (Lipinski definition) is 6. The lowest BCUT2D eigenvalue weighted by Gasteiger charge is -2.19. The predicted molar refractivity (Wildman–Crippen MR) is 153 cm³/mol. The van der Waals surface area contributed by atoms with Crippen LogP contribution in [0.15, 0.2) is 120 Å². The highest BCUT2D eigenvalue weighted by atomic mass is 16.6. The zero-order valence-electron chi connectivity index (χ0n) is 21.8. The van der Waals surface area contributed by atoms with Crippen LogP contribution in [-0.4, -0.2) is 27.1 Å². The van der Waals surface area contributed by atoms with Gasteiger partial charge in [-0.25, -0.2) is 5.43 Å². The van der Waals surface area contributed by atoms with Crippen LogP contribution in [0.3, 0.4) is 0 Å². The Labute approximate surface area is 235 Å². The van der Waals surface area contributed by atoms with E-state index in [1.165, 1.54) is 24.3 Å². The number of amides is 1. The van der Waals surface area contributed by atoms with Crippen molar-refractivity contribution in [3.63, 3.8) is 0 Å². The van der Waals surface area contributed by atoms with Crippen molar-refractivity contribution in [3.05, 3.63) is 148 Å². The molecule has 1 atom stereocenters. The maximum atomic E-state index is 12.8. The van der Waals surface area contributed by atoms with Gasteiger partial charge in [-0.05, 0) is 34.9 Å². The van der Waals surface area contributed by atoms with E-state index in [2.05, 4.69) is 10.5 Å². The number of aliphatic carboxylic acids is 1. The number of benzene rings is 4. The van der Waals surface area contributed by atoms with E-state index >= 15 is 0 Å². The topological polar surface area (TPSA) is 130 Å². The van der Waals surface area contributed by atoms with Gasteiger partial charge in [0.05, 0.1) is 10.6 Å². The van der Waals surface area contributed by atoms with E-state index in [1.807, 2.05) is 71.4 Å². The number of nitrogens with zero attached hydrogens (tertiary/aromatic N) is 3. The number of hydrogen-bond donors (Lipinski definition) is 1. The van der Waals surface area contributed by atoms with Crippen LogP contribution in [0.5, 0.6) is 0 Å². The van der Waals surface area contributed by atoms with Crippen molar-refractivity contribution in [1.82, 2.24) is 9.99 Å². The first-order chi connectivity index (χ1) is 19.9. The Morgan fingerprint density at radius 1 is 0.829 bits per heavy atom. The molecule has 0 spiro atoms. The molecule has 4 aromatic carbocycles. The zero-order chi connectivity index (χ0) is 28.8. The van der Waals surface area contributed by atoms with Crippen molar-refractivity contribution in [2.75, 3.05) is 0 Å². The average molecular weight is 546 g/mol. The van der Waals surface area contributed by atoms with E-state index in [4.69, 9.17) is 0 Å². The molecular weight excluding hydrogens is 520 g/mol. The number of fused-ring (bicyclic) bond motifs is 1. The Bertz CT molecular complexity index is 1730. The first-order valence-corrected chi connectivity index (χ1v) is 12.9. The first kappa shape index (κ1) is 27.0. The summed E-state index contributed by atoms with van der Waals surface area (Å²) in [4.78, 5) is 35.8. The molecule has 1 aromatic heterocycles. The van der Waals surface area contributed by atoms with Crippen LogP contribution in [0.25, 0.3) is 10.9 Å². The number of nitro benzene ring substituents is 1. The van der Waals surface area contributed by atoms with Crippen LogP contribution in [0.4, 0.5) is 5.69 Å². The number of carboxylic acids is 1. The predicted octanol–water partition coefficient (Wildman–Crippen LogP) is 4.66. The maximum Gasteiger partial charge on any atom is 0.271 e. The molecule has 204 valence electrons. The number of hydrazone groups is 1. The lowest BCUT2D eigenvalue weighted by atomic mass is 9.91. The number of nitrogens with one attached hydrogen (secondary N) is 1. The molecule has 1 N–H and O–H groups in total. The summed E-state index contributed by atoms with van der Waals surface area (Å²) in [6, 6.07) is 31.6. The Morgan fingerprint density at radius 3 is 2.12 bits per heavy atom. The normalized spacial score (nSPS) is 12.1. The van der Waals surface area contributed by atoms with Crippen molar-refractivity contribution in [2.24, 2.45) is 5.10 Å². The maximum absolute atomic E-state index is 12.8. The molecule has 5 aromatic rings. The minimum absolute atomic E-state index is 0.0494. The summed E-state index contributed by atoms with van der Waals surface area (Å²) in [6.45, 7) is 0.562. The van der Waals surface area contributed by atoms with Gasteiger partial charge in [0.1, 0.15) is 0 Å². The van der Waals surface area contributed by atoms with Crippen LogP contribution in [-0.2, 0) is 11.3 Å². The molecule has 9 nitrogen and oxygen atoms in total. The summed E-state index contributed by atoms with van der Waals surface area (Å²) in [7, 11) is 0. The lowest BCUT2D eigenvalue weighted by molar-refractivity contribution is -0.384. The molecule has 0 fully saturated rings. The van der Waals surface area contributed by atoms with E-state index in [0.29, 0.717) is 23.4 Å². The number of para-hydroxylation sites is 1. The monoisotopic (exact) mass is 545 g/mol. The molecule has 1 amide bonds. The van der Waals surface area contributed by atoms with E-state index in [9.17, 15) is 24.8 Å². The highest BCUT2D eigenvalue weighted by Crippen LogP contribution is 2.31. The number of rotatable bonds is 10. The summed E-state index contributed by atoms with van der Waals surface area (Å²) in [5.74, 6) is -2.91. The SMILES string of the molecule is O=C(N/N=C(\C[C@@H](C(=O)[O-])c1cn(Cc2ccccc2)c2ccccc12)c1ccccc1)c1ccc([N+](=O)[O-])cc1. The Hall–Kier alpha value is -5.57. The fourth-order valence-corrected chi connectivity index (χ4v) is 4.75. The van der Waals surface area contributed by atoms with Gasteiger partial charge in [-0.3, -0.25) is 14.9 Å². The van der Waals surface area contributed by atoms with Crippen LogP contribution in [0.1, 0.15) is 39.4 Å². The van der Waals surface area contributed by atoms with Gasteiger partial charge in [-0.15, -0.1) is 0 Å². The van der Waals surface area contributed by atoms with Gasteiger partial charge in [0, 0.05) is 59.6 Å². The summed E-state index contributed by atoms with van der Waals surface area (Å²) in [5, 5.41) is 28.6. The standard InChI is InChI=1S/C32H26N4O5/c37-31(24-15-17-25(18-16-24)36(40)41)34-33-29(23-11-5-2-6-12-23)19-27(32(38)39)28-21-35(20-22-9-3-1-4-10-22)30-14-8-7-13-26(28)30/h1-18,21,27H,19-20H2,(H,34,37)(H,38,39)/p-1/b33-29+/t27-/m1/s1. The molecule has 0 radical (unpaired) electrons. The molecule has 0 aliphatic rings. The summed E-state index contributed by atoms with van der Waals surface area (Å²) < 4.78 is 2.02. The fourth-order valence-electron chi connectivity index (χ4n) is 4.75. The fraction of sp³-hybridized carbons (Fsp3) is 0.0938. The van der Waals surface area contributed by atoms with E-state index in [0.717, 1.165) is 16.5 Å². The molecule has 0 aliphatic heterocycles. The molecule has 5 rings (SSSR count). The summed E-state index contributed by atoms with van der Waals surface area (Å²) in [5.41, 5.74) is 6.04. The van der Waals surface area contributed by atoms with Crippen LogP contribution in [0.2, 0.25) is 0 Å². The number of aromatic nitrogens is 1. The third-order valence-electron chi connectivity index (χ3n) is 6.81. The smallest absolute Gasteiger partial charge is 0.271 e. The van der Waals surface area contributed by atoms with Crippen molar-refractivity contribution >= 4 is 34.2 Å². The highest BCUT2D eigenvalue weighted by Gasteiger charge is 2.23. The molecule has 0 unspecified atom stereocenters. The van der Waals surface area contributed by atoms with Crippen molar-refractivity contribution in [2.45, 2.75) is 18.9 Å². The molecule has 1 heterocycles. The average Bonchev–Trinajstić information content (AvgIpc) is 3.35. The third kappa shape index (κ3) is 6.20. The summed E-state index contributed by atoms with van der Waals surface area (Å²) in [6.07, 6.45) is 1.79. The molecule has 41 heavy (non-hydrogen) atoms. The lowest BCUT2D eigenvalue weighted by Crippen LogP contribution is -2.32. The van der Waals surface area contributed by atoms with Crippen molar-refractivity contribution in [1.29, 1.82) is 0 Å². The minimum atomic E-state index is -1.27. The Morgan fingerprint density at radius 2 is 1.46 bits per heavy atom. The molecule has 0 saturated heterocycles. The second kappa shape index (κ2) is 12.1. The van der Waals surface area contributed by atoms with Gasteiger partial charge >= 0.3 is 0 Å². The van der Waals surface area contributed by atoms with E-state index in [1.54, 1.807) is 24.3 Å². The largest absolute Gasteiger partial charge is 0.549 e.